The molecule has 0 aliphatic heterocycles. The molecule has 80 valence electrons. The van der Waals surface area contributed by atoms with Gasteiger partial charge < -0.3 is 10.8 Å². The number of nitrogen functional groups attached to an aromatic ring is 1. The van der Waals surface area contributed by atoms with E-state index in [9.17, 15) is 4.79 Å². The van der Waals surface area contributed by atoms with Gasteiger partial charge in [-0.1, -0.05) is 30.3 Å². The second kappa shape index (κ2) is 4.02. The van der Waals surface area contributed by atoms with Crippen LogP contribution in [0.25, 0.3) is 11.1 Å². The number of carboxylic acids is 1. The van der Waals surface area contributed by atoms with Crippen LogP contribution in [-0.4, -0.2) is 16.1 Å². The monoisotopic (exact) mass is 214 g/mol. The van der Waals surface area contributed by atoms with E-state index in [1.165, 1.54) is 6.07 Å². The molecule has 2 rings (SSSR count). The first-order valence-electron chi connectivity index (χ1n) is 4.73. The van der Waals surface area contributed by atoms with Gasteiger partial charge in [0.25, 0.3) is 0 Å². The topological polar surface area (TPSA) is 76.2 Å². The third kappa shape index (κ3) is 2.00. The summed E-state index contributed by atoms with van der Waals surface area (Å²) in [6.45, 7) is 0. The fourth-order valence-corrected chi connectivity index (χ4v) is 1.46. The third-order valence-electron chi connectivity index (χ3n) is 2.17. The Hall–Kier alpha value is -2.36. The van der Waals surface area contributed by atoms with E-state index in [4.69, 9.17) is 10.8 Å². The summed E-state index contributed by atoms with van der Waals surface area (Å²) in [5.74, 6) is -0.872. The molecule has 0 saturated carbocycles. The molecule has 1 aromatic carbocycles. The molecule has 0 unspecified atom stereocenters. The first-order chi connectivity index (χ1) is 7.66. The number of hydrogen-bond donors (Lipinski definition) is 2. The second-order valence-electron chi connectivity index (χ2n) is 3.34. The molecule has 16 heavy (non-hydrogen) atoms. The number of benzene rings is 1. The average molecular weight is 214 g/mol. The highest BCUT2D eigenvalue weighted by Gasteiger charge is 2.08. The van der Waals surface area contributed by atoms with Crippen molar-refractivity contribution in [2.24, 2.45) is 0 Å². The van der Waals surface area contributed by atoms with Gasteiger partial charge in [-0.3, -0.25) is 0 Å². The largest absolute Gasteiger partial charge is 0.477 e. The fraction of sp³-hybridized carbons (Fsp3) is 0. The minimum absolute atomic E-state index is 0.0427. The van der Waals surface area contributed by atoms with Crippen molar-refractivity contribution in [2.45, 2.75) is 0 Å². The molecule has 0 aliphatic rings. The standard InChI is InChI=1S/C12H10N2O2/c13-11-7-9(6-10(14-11)12(15)16)8-4-2-1-3-5-8/h1-7H,(H2,13,14)(H,15,16). The highest BCUT2D eigenvalue weighted by Crippen LogP contribution is 2.21. The number of hydrogen-bond acceptors (Lipinski definition) is 3. The Labute approximate surface area is 92.4 Å². The smallest absolute Gasteiger partial charge is 0.354 e. The van der Waals surface area contributed by atoms with Gasteiger partial charge >= 0.3 is 5.97 Å². The lowest BCUT2D eigenvalue weighted by Crippen LogP contribution is -2.03. The Morgan fingerprint density at radius 2 is 1.81 bits per heavy atom. The van der Waals surface area contributed by atoms with Crippen LogP contribution >= 0.6 is 0 Å². The van der Waals surface area contributed by atoms with Crippen molar-refractivity contribution in [3.63, 3.8) is 0 Å². The van der Waals surface area contributed by atoms with Crippen molar-refractivity contribution in [1.29, 1.82) is 0 Å². The maximum Gasteiger partial charge on any atom is 0.354 e. The summed E-state index contributed by atoms with van der Waals surface area (Å²) in [4.78, 5) is 14.6. The quantitative estimate of drug-likeness (QED) is 0.801. The van der Waals surface area contributed by atoms with Gasteiger partial charge in [-0.15, -0.1) is 0 Å². The summed E-state index contributed by atoms with van der Waals surface area (Å²) in [6.07, 6.45) is 0. The normalized spacial score (nSPS) is 10.0. The van der Waals surface area contributed by atoms with Crippen LogP contribution in [0.2, 0.25) is 0 Å². The molecule has 1 heterocycles. The summed E-state index contributed by atoms with van der Waals surface area (Å²) in [6, 6.07) is 12.6. The molecule has 0 aliphatic carbocycles. The van der Waals surface area contributed by atoms with Crippen LogP contribution < -0.4 is 5.73 Å². The van der Waals surface area contributed by atoms with Gasteiger partial charge in [0.2, 0.25) is 0 Å². The Balaban J connectivity index is 2.54. The van der Waals surface area contributed by atoms with Crippen molar-refractivity contribution < 1.29 is 9.90 Å². The molecule has 2 aromatic rings. The summed E-state index contributed by atoms with van der Waals surface area (Å²) in [7, 11) is 0. The highest BCUT2D eigenvalue weighted by atomic mass is 16.4. The van der Waals surface area contributed by atoms with E-state index in [0.717, 1.165) is 11.1 Å². The first-order valence-corrected chi connectivity index (χ1v) is 4.73. The lowest BCUT2D eigenvalue weighted by Gasteiger charge is -2.04. The van der Waals surface area contributed by atoms with E-state index in [0.29, 0.717) is 0 Å². The molecular formula is C12H10N2O2. The van der Waals surface area contributed by atoms with Crippen LogP contribution in [0, 0.1) is 0 Å². The van der Waals surface area contributed by atoms with Crippen LogP contribution in [0.4, 0.5) is 5.82 Å². The van der Waals surface area contributed by atoms with Crippen molar-refractivity contribution in [2.75, 3.05) is 5.73 Å². The maximum atomic E-state index is 10.8. The van der Waals surface area contributed by atoms with Gasteiger partial charge in [-0.25, -0.2) is 9.78 Å². The molecule has 1 aromatic heterocycles. The lowest BCUT2D eigenvalue weighted by atomic mass is 10.1. The Morgan fingerprint density at radius 3 is 2.44 bits per heavy atom. The number of aromatic nitrogens is 1. The molecule has 3 N–H and O–H groups in total. The number of nitrogens with zero attached hydrogens (tertiary/aromatic N) is 1. The first kappa shape index (κ1) is 10.2. The number of anilines is 1. The zero-order valence-corrected chi connectivity index (χ0v) is 8.42. The van der Waals surface area contributed by atoms with Gasteiger partial charge in [-0.2, -0.15) is 0 Å². The number of carboxylic acid groups (broad SMARTS) is 1. The van der Waals surface area contributed by atoms with E-state index in [2.05, 4.69) is 4.98 Å². The van der Waals surface area contributed by atoms with E-state index >= 15 is 0 Å². The summed E-state index contributed by atoms with van der Waals surface area (Å²) < 4.78 is 0. The number of pyridine rings is 1. The van der Waals surface area contributed by atoms with Crippen LogP contribution in [0.3, 0.4) is 0 Å². The van der Waals surface area contributed by atoms with Crippen molar-refractivity contribution in [1.82, 2.24) is 4.98 Å². The molecule has 0 amide bonds. The van der Waals surface area contributed by atoms with Gasteiger partial charge in [0.1, 0.15) is 5.82 Å². The summed E-state index contributed by atoms with van der Waals surface area (Å²) in [5, 5.41) is 8.86. The Morgan fingerprint density at radius 1 is 1.12 bits per heavy atom. The van der Waals surface area contributed by atoms with Crippen LogP contribution in [0.5, 0.6) is 0 Å². The minimum atomic E-state index is -1.08. The third-order valence-corrected chi connectivity index (χ3v) is 2.17. The van der Waals surface area contributed by atoms with Crippen LogP contribution in [0.15, 0.2) is 42.5 Å². The molecule has 0 fully saturated rings. The number of nitrogens with two attached hydrogens (primary N) is 1. The van der Waals surface area contributed by atoms with Crippen molar-refractivity contribution in [3.8, 4) is 11.1 Å². The van der Waals surface area contributed by atoms with Gasteiger partial charge in [0.05, 0.1) is 0 Å². The molecule has 0 saturated heterocycles. The van der Waals surface area contributed by atoms with Crippen molar-refractivity contribution in [3.05, 3.63) is 48.2 Å². The molecule has 4 heteroatoms. The zero-order chi connectivity index (χ0) is 11.5. The zero-order valence-electron chi connectivity index (χ0n) is 8.42. The number of carbonyl (C=O) groups is 1. The molecule has 0 radical (unpaired) electrons. The number of rotatable bonds is 2. The lowest BCUT2D eigenvalue weighted by molar-refractivity contribution is 0.0690. The van der Waals surface area contributed by atoms with Gasteiger partial charge in [-0.05, 0) is 23.3 Å². The Kier molecular flexibility index (Phi) is 2.55. The predicted octanol–water partition coefficient (Wildman–Crippen LogP) is 2.03. The van der Waals surface area contributed by atoms with Crippen LogP contribution in [0.1, 0.15) is 10.5 Å². The summed E-state index contributed by atoms with van der Waals surface area (Å²) >= 11 is 0. The Bertz CT molecular complexity index is 524. The van der Waals surface area contributed by atoms with E-state index in [-0.39, 0.29) is 11.5 Å². The second-order valence-corrected chi connectivity index (χ2v) is 3.34. The fourth-order valence-electron chi connectivity index (χ4n) is 1.46. The average Bonchev–Trinajstić information content (AvgIpc) is 2.29. The maximum absolute atomic E-state index is 10.8. The summed E-state index contributed by atoms with van der Waals surface area (Å²) in [5.41, 5.74) is 7.19. The molecule has 0 bridgehead atoms. The predicted molar refractivity (Wildman–Crippen MR) is 61.0 cm³/mol. The molecular weight excluding hydrogens is 204 g/mol. The molecule has 0 spiro atoms. The minimum Gasteiger partial charge on any atom is -0.477 e. The van der Waals surface area contributed by atoms with Gasteiger partial charge in [0, 0.05) is 0 Å². The van der Waals surface area contributed by atoms with E-state index < -0.39 is 5.97 Å². The van der Waals surface area contributed by atoms with E-state index in [1.807, 2.05) is 30.3 Å². The van der Waals surface area contributed by atoms with Crippen LogP contribution in [-0.2, 0) is 0 Å². The molecule has 4 nitrogen and oxygen atoms in total. The number of aromatic carboxylic acids is 1. The van der Waals surface area contributed by atoms with Gasteiger partial charge in [0.15, 0.2) is 5.69 Å². The van der Waals surface area contributed by atoms with E-state index in [1.54, 1.807) is 6.07 Å². The van der Waals surface area contributed by atoms with Crippen molar-refractivity contribution >= 4 is 11.8 Å². The SMILES string of the molecule is Nc1cc(-c2ccccc2)cc(C(=O)O)n1. The highest BCUT2D eigenvalue weighted by molar-refractivity contribution is 5.88. The molecule has 0 atom stereocenters.